The van der Waals surface area contributed by atoms with Crippen LogP contribution in [0.25, 0.3) is 0 Å². The third-order valence-corrected chi connectivity index (χ3v) is 7.19. The fraction of sp³-hybridized carbons (Fsp3) is 0.524. The van der Waals surface area contributed by atoms with E-state index in [-0.39, 0.29) is 0 Å². The Bertz CT molecular complexity index is 1080. The van der Waals surface area contributed by atoms with Crippen LogP contribution in [0.3, 0.4) is 0 Å². The summed E-state index contributed by atoms with van der Waals surface area (Å²) < 4.78 is 24.0. The first-order valence-corrected chi connectivity index (χ1v) is 11.4. The summed E-state index contributed by atoms with van der Waals surface area (Å²) in [5.74, 6) is 1.20. The van der Waals surface area contributed by atoms with Crippen LogP contribution in [-0.4, -0.2) is 22.4 Å². The van der Waals surface area contributed by atoms with Crippen molar-refractivity contribution in [2.75, 3.05) is 11.9 Å². The van der Waals surface area contributed by atoms with E-state index in [1.807, 2.05) is 0 Å². The summed E-state index contributed by atoms with van der Waals surface area (Å²) in [7, 11) is -1.86. The lowest BCUT2D eigenvalue weighted by molar-refractivity contribution is 0.171. The van der Waals surface area contributed by atoms with Crippen molar-refractivity contribution in [2.45, 2.75) is 63.3 Å². The highest BCUT2D eigenvalue weighted by Crippen LogP contribution is 2.43. The van der Waals surface area contributed by atoms with Crippen molar-refractivity contribution in [3.8, 4) is 5.88 Å². The van der Waals surface area contributed by atoms with Gasteiger partial charge >= 0.3 is 6.03 Å². The lowest BCUT2D eigenvalue weighted by Crippen LogP contribution is -2.23. The highest BCUT2D eigenvalue weighted by molar-refractivity contribution is 7.75. The number of nitrogens with zero attached hydrogens (tertiary/aromatic N) is 3. The molecule has 0 fully saturated rings. The molecular weight excluding hydrogens is 388 g/mol. The van der Waals surface area contributed by atoms with E-state index in [9.17, 15) is 9.00 Å². The number of amides is 2. The molecule has 5 rings (SSSR count). The monoisotopic (exact) mass is 413 g/mol. The molecule has 7 nitrogen and oxygen atoms in total. The van der Waals surface area contributed by atoms with E-state index in [0.29, 0.717) is 35.8 Å². The minimum absolute atomic E-state index is 0.341. The quantitative estimate of drug-likeness (QED) is 0.748. The normalized spacial score (nSPS) is 23.2. The molecule has 0 unspecified atom stereocenters. The zero-order valence-corrected chi connectivity index (χ0v) is 17.6. The molecule has 154 valence electrons. The molecule has 2 heterocycles. The van der Waals surface area contributed by atoms with Gasteiger partial charge in [-0.1, -0.05) is 19.9 Å². The summed E-state index contributed by atoms with van der Waals surface area (Å²) in [4.78, 5) is 13.1. The highest BCUT2D eigenvalue weighted by Gasteiger charge is 2.28. The molecule has 0 bridgehead atoms. The van der Waals surface area contributed by atoms with Gasteiger partial charge in [0.2, 0.25) is 0 Å². The van der Waals surface area contributed by atoms with Gasteiger partial charge in [0.25, 0.3) is 0 Å². The SMILES string of the molecule is C[C@@H]1COc2c(/[S-](=O)=N\C(=O)Nc3c4c(cc5c3[C@@H](C)CC5)CCC4)cnn2C1. The average Bonchev–Trinajstić information content (AvgIpc) is 3.39. The molecule has 2 aromatic rings. The molecule has 29 heavy (non-hydrogen) atoms. The number of carbonyl (C=O) groups excluding carboxylic acids is 1. The fourth-order valence-corrected chi connectivity index (χ4v) is 5.57. The maximum atomic E-state index is 12.7. The molecule has 8 heteroatoms. The zero-order chi connectivity index (χ0) is 20.1. The van der Waals surface area contributed by atoms with E-state index in [4.69, 9.17) is 4.74 Å². The molecule has 3 aliphatic rings. The highest BCUT2D eigenvalue weighted by atomic mass is 32.2. The Balaban J connectivity index is 1.44. The summed E-state index contributed by atoms with van der Waals surface area (Å²) >= 11 is 0. The van der Waals surface area contributed by atoms with Gasteiger partial charge in [-0.15, -0.1) is 10.6 Å². The zero-order valence-electron chi connectivity index (χ0n) is 16.7. The predicted molar refractivity (Wildman–Crippen MR) is 110 cm³/mol. The number of fused-ring (bicyclic) bond motifs is 3. The number of benzene rings is 1. The molecule has 2 atom stereocenters. The number of ether oxygens (including phenoxy) is 1. The minimum atomic E-state index is -1.86. The topological polar surface area (TPSA) is 85.6 Å². The van der Waals surface area contributed by atoms with Crippen LogP contribution in [0.4, 0.5) is 10.5 Å². The van der Waals surface area contributed by atoms with E-state index >= 15 is 0 Å². The first-order chi connectivity index (χ1) is 14.0. The molecule has 2 amide bonds. The van der Waals surface area contributed by atoms with Crippen molar-refractivity contribution in [3.63, 3.8) is 0 Å². The van der Waals surface area contributed by atoms with E-state index in [2.05, 4.69) is 34.7 Å². The first kappa shape index (κ1) is 18.7. The van der Waals surface area contributed by atoms with Crippen molar-refractivity contribution >= 4 is 22.3 Å². The summed E-state index contributed by atoms with van der Waals surface area (Å²) in [5.41, 5.74) is 6.05. The average molecular weight is 414 g/mol. The number of rotatable bonds is 2. The number of carbonyl (C=O) groups is 1. The second kappa shape index (κ2) is 7.16. The smallest absolute Gasteiger partial charge is 0.322 e. The lowest BCUT2D eigenvalue weighted by atomic mass is 9.95. The van der Waals surface area contributed by atoms with Gasteiger partial charge in [-0.2, -0.15) is 5.10 Å². The van der Waals surface area contributed by atoms with E-state index in [1.54, 1.807) is 4.68 Å². The van der Waals surface area contributed by atoms with Gasteiger partial charge in [-0.25, -0.2) is 9.48 Å². The standard InChI is InChI=1S/C21H25N4O3S/c1-12-10-25-20(28-11-12)17(9-22-25)29(27)24-21(26)23-19-16-5-3-4-14(16)8-15-7-6-13(2)18(15)19/h8-9,12-13H,3-7,10-11H2,1-2H3,(H,23,26)/q-1/t12-,13-/m0/s1. The second-order valence-corrected chi connectivity index (χ2v) is 9.56. The van der Waals surface area contributed by atoms with Crippen molar-refractivity contribution in [1.29, 1.82) is 0 Å². The van der Waals surface area contributed by atoms with Gasteiger partial charge < -0.3 is 18.6 Å². The van der Waals surface area contributed by atoms with Crippen LogP contribution in [0.5, 0.6) is 5.88 Å². The molecule has 0 saturated carbocycles. The number of aryl methyl sites for hydroxylation is 2. The predicted octanol–water partition coefficient (Wildman–Crippen LogP) is 4.19. The number of aromatic nitrogens is 2. The second-order valence-electron chi connectivity index (χ2n) is 8.44. The molecule has 1 aliphatic heterocycles. The lowest BCUT2D eigenvalue weighted by Gasteiger charge is -2.22. The Morgan fingerprint density at radius 1 is 1.31 bits per heavy atom. The maximum absolute atomic E-state index is 12.7. The van der Waals surface area contributed by atoms with Crippen molar-refractivity contribution < 1.29 is 13.7 Å². The molecule has 0 radical (unpaired) electrons. The summed E-state index contributed by atoms with van der Waals surface area (Å²) in [6, 6.07) is 1.75. The van der Waals surface area contributed by atoms with Crippen LogP contribution >= 0.6 is 0 Å². The molecule has 1 aromatic carbocycles. The van der Waals surface area contributed by atoms with Crippen LogP contribution < -0.4 is 10.1 Å². The van der Waals surface area contributed by atoms with Gasteiger partial charge in [0.1, 0.15) is 0 Å². The van der Waals surface area contributed by atoms with Crippen LogP contribution in [0, 0.1) is 5.92 Å². The number of urea groups is 1. The number of anilines is 1. The molecular formula is C21H25N4O3S-. The van der Waals surface area contributed by atoms with Crippen LogP contribution in [0.1, 0.15) is 54.9 Å². The Labute approximate surface area is 172 Å². The van der Waals surface area contributed by atoms with Gasteiger partial charge in [0.05, 0.1) is 13.2 Å². The number of hydrogen-bond acceptors (Lipinski definition) is 5. The van der Waals surface area contributed by atoms with E-state index in [1.165, 1.54) is 28.5 Å². The van der Waals surface area contributed by atoms with Crippen LogP contribution in [-0.2, 0) is 40.6 Å². The van der Waals surface area contributed by atoms with Crippen molar-refractivity contribution in [3.05, 3.63) is 34.5 Å². The van der Waals surface area contributed by atoms with E-state index in [0.717, 1.165) is 37.8 Å². The fourth-order valence-electron chi connectivity index (χ4n) is 4.83. The van der Waals surface area contributed by atoms with Gasteiger partial charge in [0.15, 0.2) is 5.88 Å². The van der Waals surface area contributed by atoms with Crippen LogP contribution in [0.2, 0.25) is 0 Å². The Morgan fingerprint density at radius 3 is 3.03 bits per heavy atom. The Morgan fingerprint density at radius 2 is 2.17 bits per heavy atom. The molecule has 1 aromatic heterocycles. The maximum Gasteiger partial charge on any atom is 0.322 e. The molecule has 2 aliphatic carbocycles. The molecule has 0 spiro atoms. The Kier molecular flexibility index (Phi) is 4.61. The molecule has 1 N–H and O–H groups in total. The number of hydrogen-bond donors (Lipinski definition) is 1. The third-order valence-electron chi connectivity index (χ3n) is 6.20. The van der Waals surface area contributed by atoms with Gasteiger partial charge in [-0.3, -0.25) is 0 Å². The molecule has 0 saturated heterocycles. The first-order valence-electron chi connectivity index (χ1n) is 10.3. The van der Waals surface area contributed by atoms with E-state index < -0.39 is 16.6 Å². The summed E-state index contributed by atoms with van der Waals surface area (Å²) in [6.07, 6.45) is 6.77. The van der Waals surface area contributed by atoms with Gasteiger partial charge in [0, 0.05) is 17.8 Å². The van der Waals surface area contributed by atoms with Crippen molar-refractivity contribution in [1.82, 2.24) is 9.78 Å². The summed E-state index contributed by atoms with van der Waals surface area (Å²) in [6.45, 7) is 5.52. The van der Waals surface area contributed by atoms with Crippen molar-refractivity contribution in [2.24, 2.45) is 10.3 Å². The summed E-state index contributed by atoms with van der Waals surface area (Å²) in [5, 5.41) is 7.22. The third kappa shape index (κ3) is 3.23. The van der Waals surface area contributed by atoms with Gasteiger partial charge in [-0.05, 0) is 65.2 Å². The Hall–Kier alpha value is -2.35. The minimum Gasteiger partial charge on any atom is -0.479 e. The largest absolute Gasteiger partial charge is 0.479 e. The number of nitrogens with one attached hydrogen (secondary N) is 1. The van der Waals surface area contributed by atoms with Crippen LogP contribution in [0.15, 0.2) is 21.5 Å².